The fourth-order valence-electron chi connectivity index (χ4n) is 6.91. The lowest BCUT2D eigenvalue weighted by atomic mass is 9.88. The summed E-state index contributed by atoms with van der Waals surface area (Å²) in [6.07, 6.45) is -0.568. The third-order valence-corrected chi connectivity index (χ3v) is 9.43. The minimum absolute atomic E-state index is 0.0782. The second-order valence-electron chi connectivity index (χ2n) is 12.7. The van der Waals surface area contributed by atoms with Gasteiger partial charge in [-0.25, -0.2) is 4.79 Å². The molecule has 0 saturated heterocycles. The van der Waals surface area contributed by atoms with Gasteiger partial charge < -0.3 is 15.5 Å². The summed E-state index contributed by atoms with van der Waals surface area (Å²) < 4.78 is 0. The molecule has 0 radical (unpaired) electrons. The molecule has 7 rings (SSSR count). The molecule has 8 nitrogen and oxygen atoms in total. The lowest BCUT2D eigenvalue weighted by Crippen LogP contribution is -2.32. The van der Waals surface area contributed by atoms with Crippen LogP contribution in [0.4, 0.5) is 5.69 Å². The van der Waals surface area contributed by atoms with Crippen LogP contribution in [-0.4, -0.2) is 51.3 Å². The number of anilines is 1. The Morgan fingerprint density at radius 2 is 1.33 bits per heavy atom. The number of carbonyl (C=O) groups excluding carboxylic acids is 1. The number of fused-ring (bicyclic) bond motifs is 7. The highest BCUT2D eigenvalue weighted by atomic mass is 35.5. The molecule has 1 heterocycles. The number of rotatable bonds is 10. The molecule has 0 spiro atoms. The molecule has 6 aromatic carbocycles. The van der Waals surface area contributed by atoms with Crippen molar-refractivity contribution in [1.82, 2.24) is 4.90 Å². The molecule has 0 aliphatic carbocycles. The average Bonchev–Trinajstić information content (AvgIpc) is 3.29. The number of carboxylic acids is 2. The maximum absolute atomic E-state index is 14.0. The fourth-order valence-corrected chi connectivity index (χ4v) is 7.08. The van der Waals surface area contributed by atoms with Crippen LogP contribution in [-0.2, 0) is 27.5 Å². The van der Waals surface area contributed by atoms with Crippen LogP contribution in [0.5, 0.6) is 0 Å². The number of hydrogen-bond acceptors (Lipinski definition) is 5. The zero-order valence-electron chi connectivity index (χ0n) is 27.6. The molecule has 3 N–H and O–H groups in total. The van der Waals surface area contributed by atoms with Gasteiger partial charge >= 0.3 is 11.9 Å². The first-order valence-corrected chi connectivity index (χ1v) is 17.0. The first-order valence-electron chi connectivity index (χ1n) is 16.7. The number of hydrogen-bond donors (Lipinski definition) is 3. The van der Waals surface area contributed by atoms with E-state index < -0.39 is 18.0 Å². The molecule has 9 heteroatoms. The van der Waals surface area contributed by atoms with E-state index in [4.69, 9.17) is 11.6 Å². The normalized spacial score (nSPS) is 13.6. The molecule has 254 valence electrons. The number of benzene rings is 6. The highest BCUT2D eigenvalue weighted by molar-refractivity contribution is 6.31. The summed E-state index contributed by atoms with van der Waals surface area (Å²) >= 11 is 6.47. The van der Waals surface area contributed by atoms with Crippen molar-refractivity contribution in [2.75, 3.05) is 11.9 Å². The molecule has 0 saturated carbocycles. The number of aliphatic carboxylic acids is 2. The van der Waals surface area contributed by atoms with E-state index in [1.54, 1.807) is 42.5 Å². The molecule has 1 amide bonds. The lowest BCUT2D eigenvalue weighted by Gasteiger charge is -2.22. The Bertz CT molecular complexity index is 2250. The Labute approximate surface area is 299 Å². The summed E-state index contributed by atoms with van der Waals surface area (Å²) in [4.78, 5) is 44.1. The van der Waals surface area contributed by atoms with Gasteiger partial charge in [0.2, 0.25) is 5.91 Å². The number of carboxylic acid groups (broad SMARTS) is 2. The minimum atomic E-state index is -1.33. The van der Waals surface area contributed by atoms with Crippen molar-refractivity contribution in [2.45, 2.75) is 32.0 Å². The van der Waals surface area contributed by atoms with Crippen LogP contribution in [0.25, 0.3) is 32.7 Å². The first-order chi connectivity index (χ1) is 24.7. The minimum Gasteiger partial charge on any atom is -0.481 e. The van der Waals surface area contributed by atoms with Gasteiger partial charge in [-0.2, -0.15) is 0 Å². The Kier molecular flexibility index (Phi) is 9.61. The summed E-state index contributed by atoms with van der Waals surface area (Å²) in [7, 11) is 0. The molecule has 0 fully saturated rings. The molecule has 51 heavy (non-hydrogen) atoms. The summed E-state index contributed by atoms with van der Waals surface area (Å²) in [6.45, 7) is 1.17. The molecular formula is C42H34ClN3O5. The van der Waals surface area contributed by atoms with Gasteiger partial charge in [0.15, 0.2) is 0 Å². The van der Waals surface area contributed by atoms with Crippen LogP contribution in [0.15, 0.2) is 126 Å². The van der Waals surface area contributed by atoms with E-state index >= 15 is 0 Å². The predicted molar refractivity (Wildman–Crippen MR) is 201 cm³/mol. The van der Waals surface area contributed by atoms with Crippen molar-refractivity contribution >= 4 is 62.4 Å². The van der Waals surface area contributed by atoms with Crippen LogP contribution in [0, 0.1) is 0 Å². The molecule has 0 aromatic heterocycles. The Balaban J connectivity index is 1.24. The Morgan fingerprint density at radius 1 is 0.745 bits per heavy atom. The molecular weight excluding hydrogens is 662 g/mol. The lowest BCUT2D eigenvalue weighted by molar-refractivity contribution is -0.139. The first kappa shape index (κ1) is 33.7. The van der Waals surface area contributed by atoms with E-state index in [1.165, 1.54) is 21.9 Å². The smallest absolute Gasteiger partial charge is 0.328 e. The van der Waals surface area contributed by atoms with Crippen molar-refractivity contribution in [3.63, 3.8) is 0 Å². The van der Waals surface area contributed by atoms with Crippen molar-refractivity contribution in [2.24, 2.45) is 4.99 Å². The highest BCUT2D eigenvalue weighted by Crippen LogP contribution is 2.42. The number of aliphatic imine (C=N–C) groups is 1. The molecule has 1 aliphatic heterocycles. The van der Waals surface area contributed by atoms with Gasteiger partial charge in [0, 0.05) is 35.7 Å². The molecule has 0 unspecified atom stereocenters. The van der Waals surface area contributed by atoms with E-state index in [1.807, 2.05) is 18.2 Å². The molecule has 6 aromatic rings. The van der Waals surface area contributed by atoms with Gasteiger partial charge in [-0.15, -0.1) is 0 Å². The Morgan fingerprint density at radius 3 is 1.92 bits per heavy atom. The van der Waals surface area contributed by atoms with E-state index in [2.05, 4.69) is 75.9 Å². The van der Waals surface area contributed by atoms with Gasteiger partial charge in [-0.1, -0.05) is 115 Å². The number of nitrogens with zero attached hydrogens (tertiary/aromatic N) is 2. The van der Waals surface area contributed by atoms with Crippen LogP contribution in [0.1, 0.15) is 35.1 Å². The second kappa shape index (κ2) is 14.6. The number of nitrogens with one attached hydrogen (secondary N) is 1. The van der Waals surface area contributed by atoms with Crippen LogP contribution < -0.4 is 5.32 Å². The van der Waals surface area contributed by atoms with Crippen molar-refractivity contribution in [3.8, 4) is 11.1 Å². The maximum atomic E-state index is 14.0. The van der Waals surface area contributed by atoms with E-state index in [-0.39, 0.29) is 31.0 Å². The number of halogens is 1. The number of amides is 1. The SMILES string of the molecule is O=C(O)CC[C@H](N=C(c1ccccc1)c1cc(Cl)ccc1NC(=O)CN1Cc2ccc3ccccc3c2-c2c(ccc3ccccc23)C1)C(=O)O. The third kappa shape index (κ3) is 7.24. The van der Waals surface area contributed by atoms with Gasteiger partial charge in [-0.3, -0.25) is 19.5 Å². The summed E-state index contributed by atoms with van der Waals surface area (Å²) in [5.41, 5.74) is 6.33. The van der Waals surface area contributed by atoms with E-state index in [9.17, 15) is 24.6 Å². The van der Waals surface area contributed by atoms with Crippen molar-refractivity contribution in [1.29, 1.82) is 0 Å². The second-order valence-corrected chi connectivity index (χ2v) is 13.1. The summed E-state index contributed by atoms with van der Waals surface area (Å²) in [5.74, 6) is -2.63. The molecule has 1 atom stereocenters. The Hall–Kier alpha value is -5.83. The molecule has 1 aliphatic rings. The zero-order chi connectivity index (χ0) is 35.5. The fraction of sp³-hybridized carbons (Fsp3) is 0.143. The van der Waals surface area contributed by atoms with Crippen LogP contribution >= 0.6 is 11.6 Å². The standard InChI is InChI=1S/C42H34ClN3O5/c43-31-18-19-35(34(22-31)41(28-10-2-1-3-11-28)45-36(42(50)51)20-21-38(48)49)44-37(47)25-46-23-29-16-14-26-8-4-6-12-32(26)39(29)40-30(24-46)17-15-27-9-5-7-13-33(27)40/h1-19,22,36H,20-21,23-25H2,(H,44,47)(H,48,49)(H,50,51)/t36-/m0/s1. The monoisotopic (exact) mass is 695 g/mol. The average molecular weight is 696 g/mol. The van der Waals surface area contributed by atoms with Crippen molar-refractivity contribution < 1.29 is 24.6 Å². The summed E-state index contributed by atoms with van der Waals surface area (Å²) in [6, 6.07) is 37.9. The quantitative estimate of drug-likeness (QED) is 0.124. The largest absolute Gasteiger partial charge is 0.481 e. The van der Waals surface area contributed by atoms with Gasteiger partial charge in [0.25, 0.3) is 0 Å². The van der Waals surface area contributed by atoms with E-state index in [0.717, 1.165) is 21.9 Å². The summed E-state index contributed by atoms with van der Waals surface area (Å²) in [5, 5.41) is 27.3. The third-order valence-electron chi connectivity index (χ3n) is 9.20. The van der Waals surface area contributed by atoms with Crippen LogP contribution in [0.2, 0.25) is 5.02 Å². The van der Waals surface area contributed by atoms with E-state index in [0.29, 0.717) is 34.9 Å². The maximum Gasteiger partial charge on any atom is 0.328 e. The zero-order valence-corrected chi connectivity index (χ0v) is 28.3. The van der Waals surface area contributed by atoms with Gasteiger partial charge in [-0.05, 0) is 68.4 Å². The van der Waals surface area contributed by atoms with Gasteiger partial charge in [0.05, 0.1) is 17.9 Å². The topological polar surface area (TPSA) is 119 Å². The van der Waals surface area contributed by atoms with Crippen LogP contribution in [0.3, 0.4) is 0 Å². The molecule has 0 bridgehead atoms. The predicted octanol–water partition coefficient (Wildman–Crippen LogP) is 8.42. The number of carbonyl (C=O) groups is 3. The van der Waals surface area contributed by atoms with Gasteiger partial charge in [0.1, 0.15) is 6.04 Å². The highest BCUT2D eigenvalue weighted by Gasteiger charge is 2.26. The van der Waals surface area contributed by atoms with Crippen molar-refractivity contribution in [3.05, 3.63) is 149 Å².